The monoisotopic (exact) mass is 1790 g/mol. The summed E-state index contributed by atoms with van der Waals surface area (Å²) in [7, 11) is 0. The van der Waals surface area contributed by atoms with Gasteiger partial charge in [-0.25, -0.2) is 59.0 Å². The third-order valence-electron chi connectivity index (χ3n) is 22.8. The van der Waals surface area contributed by atoms with Gasteiger partial charge in [0.25, 0.3) is 0 Å². The molecule has 132 heavy (non-hydrogen) atoms. The Kier molecular flexibility index (Phi) is 24.7. The number of carbonyl (C=O) groups excluding carboxylic acids is 1. The standard InChI is InChI=1S/C27H28N4O2.C21H21N5.C20H14N4S.C19H13N5S.C17H11FN4S/c1-27(2,3)33-26(32)31-15-13-19(14-16-31)24-29-23-10-5-4-9-22(23)25(30-24)28-21-12-11-18-7-6-8-20(18)17-21;1-2-4-19-18(3-1)21(26-20(25-19)14-7-9-22-10-8-14)24-17-6-5-15-12-23-13-16(15)11-17;1-2-7-17-16(6-1)19(24-20(23-17)18-11-21-12-25-18)22-15-9-8-13-4-3-5-14(13)10-15;1-2-4-16-15(3-1)18(24-19(23-16)17-10-21-11-25-17)22-14-6-5-12-8-20-9-13(12)7-14;18-11-4-3-5-12(8-11)20-16-13-6-1-2-7-14(13)21-17(22-16)15-9-19-10-23-15/h4-6,8-13,17H,7,14-16H2,1-3H3,(H,28,29,30);1-6,11,13-14,22H,7-10,12H2,(H,24,25,26);1-3,5-12H,4H2,(H,22,23,24);1-7,9-11H,8H2,(H,22,23,24);1-10H,(H,20,21,22). The number of rotatable bonds is 15. The van der Waals surface area contributed by atoms with Crippen LogP contribution in [0.5, 0.6) is 0 Å². The number of halogens is 1. The Morgan fingerprint density at radius 2 is 0.811 bits per heavy atom. The van der Waals surface area contributed by atoms with Gasteiger partial charge in [-0.3, -0.25) is 24.9 Å². The Balaban J connectivity index is 0.000000103. The lowest BCUT2D eigenvalue weighted by atomic mass is 9.97. The van der Waals surface area contributed by atoms with E-state index in [2.05, 4.69) is 186 Å². The van der Waals surface area contributed by atoms with Gasteiger partial charge < -0.3 is 41.5 Å². The minimum absolute atomic E-state index is 0.287. The van der Waals surface area contributed by atoms with Crippen molar-refractivity contribution < 1.29 is 13.9 Å². The van der Waals surface area contributed by atoms with Gasteiger partial charge in [-0.15, -0.1) is 34.0 Å². The molecule has 12 heterocycles. The van der Waals surface area contributed by atoms with Crippen LogP contribution in [0.4, 0.5) is 66.7 Å². The van der Waals surface area contributed by atoms with E-state index in [0.29, 0.717) is 60.2 Å². The fraction of sp³-hybridized carbons (Fsp3) is 0.154. The quantitative estimate of drug-likeness (QED) is 0.0556. The van der Waals surface area contributed by atoms with E-state index in [1.807, 2.05) is 148 Å². The van der Waals surface area contributed by atoms with Gasteiger partial charge in [0.2, 0.25) is 0 Å². The first-order valence-electron chi connectivity index (χ1n) is 43.6. The number of fused-ring (bicyclic) bond motifs is 9. The maximum atomic E-state index is 13.4. The molecule has 28 heteroatoms. The number of hydrogen-bond acceptors (Lipinski definition) is 26. The molecule has 6 N–H and O–H groups in total. The Bertz CT molecular complexity index is 7320. The number of allylic oxidation sites excluding steroid dienone is 2. The zero-order valence-corrected chi connectivity index (χ0v) is 74.7. The molecular weight excluding hydrogens is 1700 g/mol. The molecule has 650 valence electrons. The number of thiazole rings is 3. The fourth-order valence-corrected chi connectivity index (χ4v) is 17.9. The molecule has 6 aliphatic rings. The Morgan fingerprint density at radius 3 is 1.21 bits per heavy atom. The van der Waals surface area contributed by atoms with Crippen LogP contribution >= 0.6 is 34.0 Å². The van der Waals surface area contributed by atoms with Crippen LogP contribution in [-0.2, 0) is 30.7 Å². The topological polar surface area (TPSA) is 294 Å². The summed E-state index contributed by atoms with van der Waals surface area (Å²) in [6.07, 6.45) is 24.5. The van der Waals surface area contributed by atoms with Crippen molar-refractivity contribution in [2.24, 2.45) is 9.98 Å². The highest BCUT2D eigenvalue weighted by Crippen LogP contribution is 2.38. The first kappa shape index (κ1) is 84.7. The van der Waals surface area contributed by atoms with Crippen molar-refractivity contribution in [2.75, 3.05) is 52.8 Å². The lowest BCUT2D eigenvalue weighted by molar-refractivity contribution is 0.0270. The predicted octanol–water partition coefficient (Wildman–Crippen LogP) is 23.9. The molecule has 18 aromatic rings. The number of anilines is 10. The predicted molar refractivity (Wildman–Crippen MR) is 533 cm³/mol. The van der Waals surface area contributed by atoms with Gasteiger partial charge in [0.15, 0.2) is 23.3 Å². The number of benzene rings is 10. The van der Waals surface area contributed by atoms with E-state index in [0.717, 1.165) is 184 Å². The first-order chi connectivity index (χ1) is 64.7. The highest BCUT2D eigenvalue weighted by molar-refractivity contribution is 7.13. The van der Waals surface area contributed by atoms with Gasteiger partial charge in [-0.1, -0.05) is 121 Å². The maximum absolute atomic E-state index is 13.4. The SMILES string of the molecule is C1=Cc2cc(Nc3nc(-c4cncs4)nc4ccccc34)ccc2C1.C1=NCc2ccc(Nc3nc(-c4cncs4)nc4ccccc34)cc21.C1=NCc2ccc(Nc3nc(C4CCNCC4)nc4ccccc34)cc21.CC(C)(C)OC(=O)N1CC=C(c2nc(Nc3ccc4c(c3)C=CC4)c3ccccc3n2)CC1.Fc1cccc(Nc2nc(-c3cncs3)nc3ccccc23)c1. The molecule has 24 rings (SSSR count). The average molecular weight is 1790 g/mol. The maximum Gasteiger partial charge on any atom is 0.410 e. The number of nitrogens with zero attached hydrogens (tertiary/aromatic N) is 16. The summed E-state index contributed by atoms with van der Waals surface area (Å²) in [5, 5.41) is 25.5. The summed E-state index contributed by atoms with van der Waals surface area (Å²) in [5.41, 5.74) is 25.2. The van der Waals surface area contributed by atoms with Crippen molar-refractivity contribution >= 4 is 182 Å². The van der Waals surface area contributed by atoms with E-state index in [-0.39, 0.29) is 11.9 Å². The van der Waals surface area contributed by atoms with Crippen molar-refractivity contribution in [3.8, 4) is 32.1 Å². The van der Waals surface area contributed by atoms with Crippen LogP contribution in [0.1, 0.15) is 102 Å². The molecule has 8 aromatic heterocycles. The van der Waals surface area contributed by atoms with Crippen molar-refractivity contribution in [1.82, 2.24) is 75.0 Å². The van der Waals surface area contributed by atoms with Gasteiger partial charge in [-0.05, 0) is 243 Å². The van der Waals surface area contributed by atoms with E-state index in [1.54, 1.807) is 63.5 Å². The molecule has 24 nitrogen and oxygen atoms in total. The van der Waals surface area contributed by atoms with Gasteiger partial charge in [0.1, 0.15) is 46.3 Å². The molecule has 1 amide bonds. The number of aromatic nitrogens is 13. The van der Waals surface area contributed by atoms with Gasteiger partial charge in [0.05, 0.1) is 71.8 Å². The number of aliphatic imine (C=N–C) groups is 2. The van der Waals surface area contributed by atoms with Crippen LogP contribution < -0.4 is 31.9 Å². The largest absolute Gasteiger partial charge is 0.444 e. The molecule has 0 unspecified atom stereocenters. The Morgan fingerprint density at radius 1 is 0.424 bits per heavy atom. The number of para-hydroxylation sites is 5. The molecule has 0 bridgehead atoms. The summed E-state index contributed by atoms with van der Waals surface area (Å²) < 4.78 is 18.9. The third kappa shape index (κ3) is 19.7. The van der Waals surface area contributed by atoms with E-state index in [9.17, 15) is 9.18 Å². The number of nitrogens with one attached hydrogen (secondary N) is 6. The summed E-state index contributed by atoms with van der Waals surface area (Å²) in [6.45, 7) is 10.3. The van der Waals surface area contributed by atoms with Gasteiger partial charge in [-0.2, -0.15) is 0 Å². The van der Waals surface area contributed by atoms with E-state index < -0.39 is 5.60 Å². The van der Waals surface area contributed by atoms with Gasteiger partial charge >= 0.3 is 6.09 Å². The molecular formula is C104H87FN22O2S3. The van der Waals surface area contributed by atoms with Crippen molar-refractivity contribution in [2.45, 2.75) is 77.5 Å². The highest BCUT2D eigenvalue weighted by Gasteiger charge is 2.27. The summed E-state index contributed by atoms with van der Waals surface area (Å²) in [6, 6.07) is 71.9. The smallest absolute Gasteiger partial charge is 0.410 e. The number of carbonyl (C=O) groups is 1. The molecule has 0 radical (unpaired) electrons. The van der Waals surface area contributed by atoms with Crippen LogP contribution in [0.2, 0.25) is 0 Å². The zero-order valence-electron chi connectivity index (χ0n) is 72.2. The molecule has 0 saturated carbocycles. The van der Waals surface area contributed by atoms with Crippen LogP contribution in [0.3, 0.4) is 0 Å². The average Bonchev–Trinajstić information content (AvgIpc) is 1.02. The fourth-order valence-electron chi connectivity index (χ4n) is 16.2. The summed E-state index contributed by atoms with van der Waals surface area (Å²) >= 11 is 4.56. The van der Waals surface area contributed by atoms with Crippen molar-refractivity contribution in [3.05, 3.63) is 334 Å². The minimum atomic E-state index is -0.504. The molecule has 1 fully saturated rings. The second-order valence-electron chi connectivity index (χ2n) is 33.1. The molecule has 0 spiro atoms. The van der Waals surface area contributed by atoms with E-state index >= 15 is 0 Å². The second-order valence-corrected chi connectivity index (χ2v) is 35.7. The summed E-state index contributed by atoms with van der Waals surface area (Å²) in [4.78, 5) is 85.5. The molecule has 10 aromatic carbocycles. The Hall–Kier alpha value is -15.5. The third-order valence-corrected chi connectivity index (χ3v) is 25.1. The number of ether oxygens (including phenoxy) is 1. The summed E-state index contributed by atoms with van der Waals surface area (Å²) in [5.74, 6) is 7.69. The van der Waals surface area contributed by atoms with Crippen LogP contribution in [0.25, 0.3) is 104 Å². The van der Waals surface area contributed by atoms with Gasteiger partial charge in [0, 0.05) is 105 Å². The molecule has 1 saturated heterocycles. The number of amides is 1. The van der Waals surface area contributed by atoms with Crippen molar-refractivity contribution in [1.29, 1.82) is 0 Å². The lowest BCUT2D eigenvalue weighted by Gasteiger charge is -2.29. The van der Waals surface area contributed by atoms with Crippen LogP contribution in [0, 0.1) is 5.82 Å². The molecule has 4 aliphatic heterocycles. The van der Waals surface area contributed by atoms with Crippen LogP contribution in [-0.4, -0.2) is 120 Å². The number of hydrogen-bond donors (Lipinski definition) is 6. The van der Waals surface area contributed by atoms with E-state index in [4.69, 9.17) is 34.6 Å². The normalized spacial score (nSPS) is 13.8. The van der Waals surface area contributed by atoms with Crippen molar-refractivity contribution in [3.63, 3.8) is 0 Å². The minimum Gasteiger partial charge on any atom is -0.444 e. The van der Waals surface area contributed by atoms with E-state index in [1.165, 1.54) is 73.8 Å². The first-order valence-corrected chi connectivity index (χ1v) is 46.2. The lowest BCUT2D eigenvalue weighted by Crippen LogP contribution is -2.39. The molecule has 2 aliphatic carbocycles. The molecule has 0 atom stereocenters. The van der Waals surface area contributed by atoms with Crippen LogP contribution in [0.15, 0.2) is 282 Å². The number of piperidine rings is 1. The highest BCUT2D eigenvalue weighted by atomic mass is 32.1. The second kappa shape index (κ2) is 38.4. The zero-order chi connectivity index (χ0) is 89.3. The Labute approximate surface area is 772 Å².